The van der Waals surface area contributed by atoms with E-state index in [9.17, 15) is 22.8 Å². The second kappa shape index (κ2) is 7.85. The maximum absolute atomic E-state index is 12.6. The van der Waals surface area contributed by atoms with Gasteiger partial charge in [-0.25, -0.2) is 0 Å². The zero-order chi connectivity index (χ0) is 18.4. The quantitative estimate of drug-likeness (QED) is 0.817. The molecule has 8 heteroatoms. The van der Waals surface area contributed by atoms with E-state index in [0.29, 0.717) is 9.88 Å². The zero-order valence-corrected chi connectivity index (χ0v) is 13.8. The van der Waals surface area contributed by atoms with Crippen molar-refractivity contribution in [3.63, 3.8) is 0 Å². The molecule has 1 heterocycles. The van der Waals surface area contributed by atoms with Crippen LogP contribution in [0.1, 0.15) is 27.7 Å². The van der Waals surface area contributed by atoms with Crippen molar-refractivity contribution in [3.8, 4) is 11.8 Å². The Bertz CT molecular complexity index is 847. The average Bonchev–Trinajstić information content (AvgIpc) is 2.98. The van der Waals surface area contributed by atoms with Gasteiger partial charge in [-0.1, -0.05) is 17.9 Å². The fourth-order valence-corrected chi connectivity index (χ4v) is 2.70. The topological polar surface area (TPSA) is 58.2 Å². The van der Waals surface area contributed by atoms with Gasteiger partial charge in [-0.15, -0.1) is 11.3 Å². The Hall–Kier alpha value is -2.79. The van der Waals surface area contributed by atoms with E-state index in [1.807, 2.05) is 0 Å². The molecule has 0 bridgehead atoms. The van der Waals surface area contributed by atoms with Crippen LogP contribution in [0.3, 0.4) is 0 Å². The van der Waals surface area contributed by atoms with Crippen molar-refractivity contribution in [1.29, 1.82) is 0 Å². The van der Waals surface area contributed by atoms with Crippen LogP contribution in [-0.2, 0) is 11.0 Å². The van der Waals surface area contributed by atoms with E-state index >= 15 is 0 Å². The predicted molar refractivity (Wildman–Crippen MR) is 89.3 cm³/mol. The van der Waals surface area contributed by atoms with E-state index in [1.54, 1.807) is 12.1 Å². The molecule has 25 heavy (non-hydrogen) atoms. The van der Waals surface area contributed by atoms with Gasteiger partial charge in [-0.3, -0.25) is 9.59 Å². The zero-order valence-electron chi connectivity index (χ0n) is 13.0. The average molecular weight is 366 g/mol. The number of alkyl halides is 3. The number of nitrogens with one attached hydrogen (secondary N) is 2. The molecule has 0 saturated carbocycles. The maximum atomic E-state index is 12.6. The first-order valence-corrected chi connectivity index (χ1v) is 7.89. The van der Waals surface area contributed by atoms with Gasteiger partial charge in [0.2, 0.25) is 5.91 Å². The van der Waals surface area contributed by atoms with Crippen LogP contribution in [0.4, 0.5) is 18.2 Å². The van der Waals surface area contributed by atoms with E-state index in [-0.39, 0.29) is 23.9 Å². The summed E-state index contributed by atoms with van der Waals surface area (Å²) in [5.41, 5.74) is -0.555. The Balaban J connectivity index is 1.93. The van der Waals surface area contributed by atoms with Crippen LogP contribution in [-0.4, -0.2) is 18.4 Å². The predicted octanol–water partition coefficient (Wildman–Crippen LogP) is 3.51. The Morgan fingerprint density at radius 3 is 2.64 bits per heavy atom. The molecule has 0 aliphatic rings. The van der Waals surface area contributed by atoms with Gasteiger partial charge in [0.25, 0.3) is 5.91 Å². The van der Waals surface area contributed by atoms with E-state index in [0.717, 1.165) is 23.5 Å². The van der Waals surface area contributed by atoms with E-state index < -0.39 is 11.7 Å². The van der Waals surface area contributed by atoms with Crippen LogP contribution in [0.5, 0.6) is 0 Å². The highest BCUT2D eigenvalue weighted by Gasteiger charge is 2.30. The number of benzene rings is 1. The molecule has 0 spiro atoms. The summed E-state index contributed by atoms with van der Waals surface area (Å²) in [6.07, 6.45) is -4.42. The molecule has 1 aromatic heterocycles. The minimum atomic E-state index is -4.42. The van der Waals surface area contributed by atoms with E-state index in [2.05, 4.69) is 22.5 Å². The maximum Gasteiger partial charge on any atom is 0.416 e. The molecule has 0 aliphatic carbocycles. The van der Waals surface area contributed by atoms with Crippen LogP contribution >= 0.6 is 11.3 Å². The van der Waals surface area contributed by atoms with Crippen molar-refractivity contribution < 1.29 is 22.8 Å². The third kappa shape index (κ3) is 5.65. The number of carbonyl (C=O) groups excluding carboxylic acids is 2. The molecular weight excluding hydrogens is 353 g/mol. The first-order chi connectivity index (χ1) is 11.8. The molecule has 0 atom stereocenters. The molecule has 2 N–H and O–H groups in total. The fourth-order valence-electron chi connectivity index (χ4n) is 1.83. The van der Waals surface area contributed by atoms with Crippen LogP contribution in [0.25, 0.3) is 0 Å². The van der Waals surface area contributed by atoms with Crippen molar-refractivity contribution >= 4 is 28.2 Å². The lowest BCUT2D eigenvalue weighted by Gasteiger charge is -2.05. The third-order valence-corrected chi connectivity index (χ3v) is 3.89. The van der Waals surface area contributed by atoms with E-state index in [4.69, 9.17) is 0 Å². The summed E-state index contributed by atoms with van der Waals surface area (Å²) in [6, 6.07) is 7.83. The van der Waals surface area contributed by atoms with Crippen LogP contribution in [0.2, 0.25) is 0 Å². The number of carbonyl (C=O) groups is 2. The van der Waals surface area contributed by atoms with Gasteiger partial charge in [0.15, 0.2) is 0 Å². The van der Waals surface area contributed by atoms with Crippen molar-refractivity contribution in [2.24, 2.45) is 0 Å². The molecule has 1 aromatic carbocycles. The van der Waals surface area contributed by atoms with Gasteiger partial charge >= 0.3 is 6.18 Å². The molecule has 0 unspecified atom stereocenters. The highest BCUT2D eigenvalue weighted by molar-refractivity contribution is 7.18. The summed E-state index contributed by atoms with van der Waals surface area (Å²) in [5, 5.41) is 5.66. The first kappa shape index (κ1) is 18.5. The van der Waals surface area contributed by atoms with Crippen LogP contribution in [0.15, 0.2) is 36.4 Å². The van der Waals surface area contributed by atoms with Crippen molar-refractivity contribution in [2.75, 3.05) is 11.9 Å². The lowest BCUT2D eigenvalue weighted by atomic mass is 10.1. The smallest absolute Gasteiger partial charge is 0.340 e. The number of halogens is 3. The van der Waals surface area contributed by atoms with E-state index in [1.165, 1.54) is 19.1 Å². The number of anilines is 1. The normalized spacial score (nSPS) is 10.6. The second-order valence-electron chi connectivity index (χ2n) is 4.91. The van der Waals surface area contributed by atoms with Crippen molar-refractivity contribution in [3.05, 3.63) is 52.4 Å². The number of rotatable bonds is 3. The fraction of sp³-hybridized carbons (Fsp3) is 0.176. The molecule has 4 nitrogen and oxygen atoms in total. The molecule has 0 radical (unpaired) electrons. The minimum Gasteiger partial charge on any atom is -0.340 e. The first-order valence-electron chi connectivity index (χ1n) is 7.07. The summed E-state index contributed by atoms with van der Waals surface area (Å²) < 4.78 is 37.8. The van der Waals surface area contributed by atoms with Crippen LogP contribution < -0.4 is 10.6 Å². The summed E-state index contributed by atoms with van der Waals surface area (Å²) in [6.45, 7) is 1.35. The Morgan fingerprint density at radius 2 is 1.96 bits per heavy atom. The monoisotopic (exact) mass is 366 g/mol. The minimum absolute atomic E-state index is 0.0115. The number of hydrogen-bond acceptors (Lipinski definition) is 3. The lowest BCUT2D eigenvalue weighted by molar-refractivity contribution is -0.137. The lowest BCUT2D eigenvalue weighted by Crippen LogP contribution is -2.22. The van der Waals surface area contributed by atoms with Gasteiger partial charge in [0.1, 0.15) is 0 Å². The van der Waals surface area contributed by atoms with Crippen LogP contribution in [0, 0.1) is 11.8 Å². The van der Waals surface area contributed by atoms with Gasteiger partial charge in [-0.05, 0) is 30.3 Å². The van der Waals surface area contributed by atoms with Crippen molar-refractivity contribution in [1.82, 2.24) is 5.32 Å². The SMILES string of the molecule is CC(=O)Nc1ccc(C(=O)NCC#Cc2cccc(C(F)(F)F)c2)s1. The Morgan fingerprint density at radius 1 is 1.20 bits per heavy atom. The Labute approximate surface area is 146 Å². The second-order valence-corrected chi connectivity index (χ2v) is 5.99. The summed E-state index contributed by atoms with van der Waals surface area (Å²) in [4.78, 5) is 23.2. The van der Waals surface area contributed by atoms with Gasteiger partial charge in [0, 0.05) is 12.5 Å². The Kier molecular flexibility index (Phi) is 5.83. The molecule has 0 fully saturated rings. The number of thiophene rings is 1. The molecule has 2 amide bonds. The highest BCUT2D eigenvalue weighted by atomic mass is 32.1. The standard InChI is InChI=1S/C17H13F3N2O2S/c1-11(23)22-15-8-7-14(25-15)16(24)21-9-3-5-12-4-2-6-13(10-12)17(18,19)20/h2,4,6-8,10H,9H2,1H3,(H,21,24)(H,22,23). The molecule has 0 aliphatic heterocycles. The number of amides is 2. The van der Waals surface area contributed by atoms with Gasteiger partial charge in [0.05, 0.1) is 22.0 Å². The summed E-state index contributed by atoms with van der Waals surface area (Å²) >= 11 is 1.11. The van der Waals surface area contributed by atoms with Gasteiger partial charge in [-0.2, -0.15) is 13.2 Å². The number of hydrogen-bond donors (Lipinski definition) is 2. The molecule has 2 rings (SSSR count). The molecule has 2 aromatic rings. The summed E-state index contributed by atoms with van der Waals surface area (Å²) in [5.74, 6) is 4.57. The highest BCUT2D eigenvalue weighted by Crippen LogP contribution is 2.29. The summed E-state index contributed by atoms with van der Waals surface area (Å²) in [7, 11) is 0. The van der Waals surface area contributed by atoms with Crippen molar-refractivity contribution in [2.45, 2.75) is 13.1 Å². The van der Waals surface area contributed by atoms with Gasteiger partial charge < -0.3 is 10.6 Å². The third-order valence-electron chi connectivity index (χ3n) is 2.89. The largest absolute Gasteiger partial charge is 0.416 e. The molecular formula is C17H13F3N2O2S. The molecule has 130 valence electrons. The molecule has 0 saturated heterocycles.